The van der Waals surface area contributed by atoms with Crippen LogP contribution < -0.4 is 0 Å². The molecule has 0 bridgehead atoms. The summed E-state index contributed by atoms with van der Waals surface area (Å²) >= 11 is 1.26. The summed E-state index contributed by atoms with van der Waals surface area (Å²) in [7, 11) is 0. The number of aliphatic hydroxyl groups excluding tert-OH is 2. The Morgan fingerprint density at radius 1 is 1.53 bits per heavy atom. The molecule has 108 valence electrons. The maximum atomic E-state index is 13.2. The van der Waals surface area contributed by atoms with Crippen molar-refractivity contribution in [1.82, 2.24) is 4.90 Å². The zero-order valence-corrected chi connectivity index (χ0v) is 11.0. The number of rotatable bonds is 1. The van der Waals surface area contributed by atoms with Crippen LogP contribution in [0.5, 0.6) is 0 Å². The largest absolute Gasteiger partial charge is 0.394 e. The molecule has 8 heteroatoms. The van der Waals surface area contributed by atoms with Crippen LogP contribution in [0.15, 0.2) is 4.99 Å². The third kappa shape index (κ3) is 2.58. The number of hydrogen-bond acceptors (Lipinski definition) is 6. The Balaban J connectivity index is 1.69. The van der Waals surface area contributed by atoms with E-state index in [0.717, 1.165) is 0 Å². The Morgan fingerprint density at radius 2 is 2.32 bits per heavy atom. The number of likely N-dealkylation sites (tertiary alicyclic amines) is 1. The number of hydrogen-bond donors (Lipinski definition) is 2. The first-order valence-electron chi connectivity index (χ1n) is 6.30. The molecule has 2 saturated heterocycles. The Kier molecular flexibility index (Phi) is 3.45. The van der Waals surface area contributed by atoms with Crippen molar-refractivity contribution in [1.29, 1.82) is 0 Å². The molecule has 0 aromatic rings. The highest BCUT2D eigenvalue weighted by Crippen LogP contribution is 2.39. The first-order chi connectivity index (χ1) is 8.98. The predicted octanol–water partition coefficient (Wildman–Crippen LogP) is 0.267. The minimum atomic E-state index is -2.66. The molecular weight excluding hydrogens is 278 g/mol. The van der Waals surface area contributed by atoms with Gasteiger partial charge in [-0.05, 0) is 0 Å². The van der Waals surface area contributed by atoms with E-state index >= 15 is 0 Å². The Bertz CT molecular complexity index is 396. The lowest BCUT2D eigenvalue weighted by molar-refractivity contribution is -0.0875. The summed E-state index contributed by atoms with van der Waals surface area (Å²) in [6, 6.07) is -0.419. The van der Waals surface area contributed by atoms with Gasteiger partial charge in [0, 0.05) is 19.4 Å². The van der Waals surface area contributed by atoms with Gasteiger partial charge in [-0.3, -0.25) is 4.99 Å². The summed E-state index contributed by atoms with van der Waals surface area (Å²) in [6.45, 7) is -0.201. The van der Waals surface area contributed by atoms with E-state index in [0.29, 0.717) is 11.6 Å². The van der Waals surface area contributed by atoms with Gasteiger partial charge in [0.15, 0.2) is 5.17 Å². The van der Waals surface area contributed by atoms with Crippen molar-refractivity contribution < 1.29 is 23.7 Å². The predicted molar refractivity (Wildman–Crippen MR) is 66.3 cm³/mol. The molecule has 0 aromatic carbocycles. The number of amidine groups is 1. The zero-order chi connectivity index (χ0) is 13.6. The molecule has 0 spiro atoms. The minimum Gasteiger partial charge on any atom is -0.394 e. The average molecular weight is 294 g/mol. The SMILES string of the molecule is OCC1CC(O)C2N=C(N3CCC(F)(F)C3)SC2O1. The van der Waals surface area contributed by atoms with Crippen molar-refractivity contribution in [2.45, 2.75) is 42.4 Å². The van der Waals surface area contributed by atoms with Gasteiger partial charge in [-0.25, -0.2) is 8.78 Å². The van der Waals surface area contributed by atoms with Gasteiger partial charge >= 0.3 is 0 Å². The van der Waals surface area contributed by atoms with Crippen molar-refractivity contribution in [3.05, 3.63) is 0 Å². The fourth-order valence-electron chi connectivity index (χ4n) is 2.60. The fraction of sp³-hybridized carbons (Fsp3) is 0.909. The molecule has 0 aromatic heterocycles. The van der Waals surface area contributed by atoms with E-state index in [4.69, 9.17) is 9.84 Å². The third-order valence-electron chi connectivity index (χ3n) is 3.63. The van der Waals surface area contributed by atoms with E-state index in [1.165, 1.54) is 11.8 Å². The van der Waals surface area contributed by atoms with Gasteiger partial charge in [-0.15, -0.1) is 0 Å². The highest BCUT2D eigenvalue weighted by molar-refractivity contribution is 8.14. The van der Waals surface area contributed by atoms with Crippen LogP contribution in [0.4, 0.5) is 8.78 Å². The highest BCUT2D eigenvalue weighted by atomic mass is 32.2. The number of ether oxygens (including phenoxy) is 1. The van der Waals surface area contributed by atoms with E-state index in [2.05, 4.69) is 4.99 Å². The molecule has 5 nitrogen and oxygen atoms in total. The van der Waals surface area contributed by atoms with E-state index < -0.39 is 24.2 Å². The molecule has 19 heavy (non-hydrogen) atoms. The Labute approximate surface area is 113 Å². The molecule has 0 aliphatic carbocycles. The second-order valence-electron chi connectivity index (χ2n) is 5.16. The van der Waals surface area contributed by atoms with Crippen molar-refractivity contribution in [2.75, 3.05) is 19.7 Å². The number of fused-ring (bicyclic) bond motifs is 1. The Morgan fingerprint density at radius 3 is 2.95 bits per heavy atom. The van der Waals surface area contributed by atoms with Gasteiger partial charge in [0.05, 0.1) is 25.4 Å². The van der Waals surface area contributed by atoms with E-state index in [9.17, 15) is 13.9 Å². The maximum Gasteiger partial charge on any atom is 0.267 e. The summed E-state index contributed by atoms with van der Waals surface area (Å²) in [5.74, 6) is -2.66. The summed E-state index contributed by atoms with van der Waals surface area (Å²) in [5, 5.41) is 19.6. The quantitative estimate of drug-likeness (QED) is 0.726. The lowest BCUT2D eigenvalue weighted by Crippen LogP contribution is -2.45. The topological polar surface area (TPSA) is 65.3 Å². The van der Waals surface area contributed by atoms with Crippen LogP contribution in [0.3, 0.4) is 0 Å². The van der Waals surface area contributed by atoms with Crippen LogP contribution in [0.25, 0.3) is 0 Å². The molecule has 0 amide bonds. The summed E-state index contributed by atoms with van der Waals surface area (Å²) < 4.78 is 32.0. The van der Waals surface area contributed by atoms with Crippen molar-refractivity contribution >= 4 is 16.9 Å². The molecule has 3 heterocycles. The standard InChI is InChI=1S/C11H16F2N2O3S/c12-11(13)1-2-15(5-11)10-14-8-7(17)3-6(4-16)18-9(8)19-10/h6-9,16-17H,1-5H2. The van der Waals surface area contributed by atoms with E-state index in [1.807, 2.05) is 0 Å². The zero-order valence-electron chi connectivity index (χ0n) is 10.2. The summed E-state index contributed by atoms with van der Waals surface area (Å²) in [5.41, 5.74) is -0.384. The number of aliphatic hydroxyl groups is 2. The van der Waals surface area contributed by atoms with Gasteiger partial charge in [-0.2, -0.15) is 0 Å². The third-order valence-corrected chi connectivity index (χ3v) is 4.83. The monoisotopic (exact) mass is 294 g/mol. The molecule has 3 aliphatic heterocycles. The summed E-state index contributed by atoms with van der Waals surface area (Å²) in [4.78, 5) is 5.87. The fourth-order valence-corrected chi connectivity index (χ4v) is 3.88. The van der Waals surface area contributed by atoms with Crippen LogP contribution in [0.2, 0.25) is 0 Å². The molecule has 0 radical (unpaired) electrons. The van der Waals surface area contributed by atoms with Gasteiger partial charge in [0.25, 0.3) is 5.92 Å². The molecule has 4 unspecified atom stereocenters. The van der Waals surface area contributed by atoms with E-state index in [1.54, 1.807) is 4.90 Å². The normalized spacial score (nSPS) is 41.3. The molecule has 4 atom stereocenters. The molecule has 2 N–H and O–H groups in total. The van der Waals surface area contributed by atoms with Gasteiger partial charge in [-0.1, -0.05) is 11.8 Å². The van der Waals surface area contributed by atoms with Crippen LogP contribution >= 0.6 is 11.8 Å². The van der Waals surface area contributed by atoms with Crippen LogP contribution in [0.1, 0.15) is 12.8 Å². The molecular formula is C11H16F2N2O3S. The molecule has 3 aliphatic rings. The summed E-state index contributed by atoms with van der Waals surface area (Å²) in [6.07, 6.45) is -0.933. The van der Waals surface area contributed by atoms with Gasteiger partial charge in [0.1, 0.15) is 11.5 Å². The maximum absolute atomic E-state index is 13.2. The molecule has 3 rings (SSSR count). The van der Waals surface area contributed by atoms with Crippen molar-refractivity contribution in [2.24, 2.45) is 4.99 Å². The first-order valence-corrected chi connectivity index (χ1v) is 7.18. The van der Waals surface area contributed by atoms with Crippen LogP contribution in [0, 0.1) is 0 Å². The van der Waals surface area contributed by atoms with Crippen molar-refractivity contribution in [3.63, 3.8) is 0 Å². The molecule has 2 fully saturated rings. The lowest BCUT2D eigenvalue weighted by Gasteiger charge is -2.33. The number of halogens is 2. The number of alkyl halides is 2. The second-order valence-corrected chi connectivity index (χ2v) is 6.23. The van der Waals surface area contributed by atoms with Crippen LogP contribution in [-0.4, -0.2) is 69.6 Å². The van der Waals surface area contributed by atoms with Gasteiger partial charge in [0.2, 0.25) is 0 Å². The molecule has 0 saturated carbocycles. The number of aliphatic imine (C=N–C) groups is 1. The smallest absolute Gasteiger partial charge is 0.267 e. The van der Waals surface area contributed by atoms with E-state index in [-0.39, 0.29) is 31.6 Å². The Hall–Kier alpha value is -0.440. The van der Waals surface area contributed by atoms with Crippen LogP contribution in [-0.2, 0) is 4.74 Å². The average Bonchev–Trinajstić information content (AvgIpc) is 2.92. The number of nitrogens with zero attached hydrogens (tertiary/aromatic N) is 2. The minimum absolute atomic E-state index is 0.155. The van der Waals surface area contributed by atoms with Gasteiger partial charge < -0.3 is 19.8 Å². The highest BCUT2D eigenvalue weighted by Gasteiger charge is 2.47. The first kappa shape index (κ1) is 13.5. The lowest BCUT2D eigenvalue weighted by atomic mass is 10.0. The number of thioether (sulfide) groups is 1. The van der Waals surface area contributed by atoms with Crippen molar-refractivity contribution in [3.8, 4) is 0 Å². The second kappa shape index (κ2) is 4.83.